The maximum atomic E-state index is 14.9. The van der Waals surface area contributed by atoms with Gasteiger partial charge in [-0.2, -0.15) is 0 Å². The van der Waals surface area contributed by atoms with Gasteiger partial charge in [-0.1, -0.05) is 0 Å². The number of amides is 2. The fourth-order valence-electron chi connectivity index (χ4n) is 5.03. The number of likely N-dealkylation sites (tertiary alicyclic amines) is 1. The molecule has 1 saturated carbocycles. The summed E-state index contributed by atoms with van der Waals surface area (Å²) in [6.07, 6.45) is 2.33. The molecule has 5 rings (SSSR count). The van der Waals surface area contributed by atoms with Crippen molar-refractivity contribution < 1.29 is 28.6 Å². The molecule has 2 fully saturated rings. The highest BCUT2D eigenvalue weighted by atomic mass is 19.1. The zero-order chi connectivity index (χ0) is 27.8. The van der Waals surface area contributed by atoms with Crippen molar-refractivity contribution in [1.29, 1.82) is 0 Å². The van der Waals surface area contributed by atoms with Crippen LogP contribution >= 0.6 is 0 Å². The fourth-order valence-corrected chi connectivity index (χ4v) is 5.03. The summed E-state index contributed by atoms with van der Waals surface area (Å²) in [5.41, 5.74) is 2.86. The van der Waals surface area contributed by atoms with Crippen molar-refractivity contribution in [1.82, 2.24) is 25.2 Å². The van der Waals surface area contributed by atoms with E-state index in [-0.39, 0.29) is 23.6 Å². The number of hydrogen-bond donors (Lipinski definition) is 3. The Hall–Kier alpha value is -3.73. The van der Waals surface area contributed by atoms with E-state index in [9.17, 15) is 19.1 Å². The van der Waals surface area contributed by atoms with Crippen LogP contribution in [-0.2, 0) is 4.79 Å². The Morgan fingerprint density at radius 2 is 1.90 bits per heavy atom. The summed E-state index contributed by atoms with van der Waals surface area (Å²) in [7, 11) is 1.41. The van der Waals surface area contributed by atoms with Crippen LogP contribution < -0.4 is 14.8 Å². The van der Waals surface area contributed by atoms with Gasteiger partial charge < -0.3 is 29.8 Å². The average molecular weight is 540 g/mol. The first-order chi connectivity index (χ1) is 18.7. The van der Waals surface area contributed by atoms with Crippen molar-refractivity contribution in [2.24, 2.45) is 5.92 Å². The van der Waals surface area contributed by atoms with E-state index in [0.29, 0.717) is 83.6 Å². The molecule has 0 radical (unpaired) electrons. The number of carbonyl (C=O) groups is 2. The van der Waals surface area contributed by atoms with Crippen molar-refractivity contribution in [3.05, 3.63) is 35.0 Å². The largest absolute Gasteiger partial charge is 0.494 e. The minimum atomic E-state index is -1.04. The van der Waals surface area contributed by atoms with Crippen LogP contribution in [0.2, 0.25) is 0 Å². The average Bonchev–Trinajstić information content (AvgIpc) is 3.67. The third-order valence-corrected chi connectivity index (χ3v) is 7.35. The number of aryl methyl sites for hydroxylation is 2. The van der Waals surface area contributed by atoms with Crippen molar-refractivity contribution in [2.45, 2.75) is 58.6 Å². The number of nitrogens with zero attached hydrogens (tertiary/aromatic N) is 3. The molecule has 0 unspecified atom stereocenters. The quantitative estimate of drug-likeness (QED) is 0.401. The molecule has 1 aliphatic heterocycles. The Morgan fingerprint density at radius 1 is 1.18 bits per heavy atom. The van der Waals surface area contributed by atoms with Gasteiger partial charge in [0.25, 0.3) is 11.8 Å². The molecular weight excluding hydrogens is 505 g/mol. The number of ether oxygens (including phenoxy) is 2. The minimum absolute atomic E-state index is 0.0792. The lowest BCUT2D eigenvalue weighted by atomic mass is 10.0. The summed E-state index contributed by atoms with van der Waals surface area (Å²) in [4.78, 5) is 39.6. The molecule has 208 valence electrons. The molecule has 3 aromatic rings. The summed E-state index contributed by atoms with van der Waals surface area (Å²) in [6, 6.07) is 2.76. The zero-order valence-corrected chi connectivity index (χ0v) is 22.6. The Balaban J connectivity index is 1.45. The molecule has 11 heteroatoms. The fraction of sp³-hybridized carbons (Fsp3) is 0.500. The van der Waals surface area contributed by atoms with Gasteiger partial charge >= 0.3 is 0 Å². The molecule has 1 atom stereocenters. The Kier molecular flexibility index (Phi) is 7.44. The van der Waals surface area contributed by atoms with E-state index in [1.54, 1.807) is 18.7 Å². The van der Waals surface area contributed by atoms with E-state index < -0.39 is 11.9 Å². The normalized spacial score (nSPS) is 16.8. The van der Waals surface area contributed by atoms with E-state index in [2.05, 4.69) is 20.3 Å². The number of rotatable bonds is 8. The first-order valence-electron chi connectivity index (χ1n) is 13.3. The third-order valence-electron chi connectivity index (χ3n) is 7.35. The topological polar surface area (TPSA) is 130 Å². The number of methoxy groups -OCH3 is 1. The van der Waals surface area contributed by atoms with Crippen molar-refractivity contribution in [3.8, 4) is 22.8 Å². The van der Waals surface area contributed by atoms with Crippen LogP contribution in [0.25, 0.3) is 22.3 Å². The van der Waals surface area contributed by atoms with Crippen LogP contribution in [0.1, 0.15) is 54.5 Å². The van der Waals surface area contributed by atoms with Crippen LogP contribution in [0, 0.1) is 25.6 Å². The Bertz CT molecular complexity index is 1410. The highest BCUT2D eigenvalue weighted by Gasteiger charge is 2.29. The molecule has 1 saturated heterocycles. The zero-order valence-electron chi connectivity index (χ0n) is 22.6. The Morgan fingerprint density at radius 3 is 2.54 bits per heavy atom. The molecule has 1 aliphatic carbocycles. The lowest BCUT2D eigenvalue weighted by Gasteiger charge is -2.33. The summed E-state index contributed by atoms with van der Waals surface area (Å²) in [6.45, 7) is 6.41. The van der Waals surface area contributed by atoms with Crippen LogP contribution in [0.15, 0.2) is 12.1 Å². The molecular formula is C28H34FN5O5. The number of carbonyl (C=O) groups excluding carboxylic acids is 2. The van der Waals surface area contributed by atoms with Crippen molar-refractivity contribution >= 4 is 22.8 Å². The van der Waals surface area contributed by atoms with Gasteiger partial charge in [-0.15, -0.1) is 0 Å². The second kappa shape index (κ2) is 10.8. The molecule has 3 heterocycles. The van der Waals surface area contributed by atoms with Gasteiger partial charge in [0.1, 0.15) is 28.9 Å². The molecule has 39 heavy (non-hydrogen) atoms. The van der Waals surface area contributed by atoms with Gasteiger partial charge in [-0.25, -0.2) is 14.4 Å². The maximum Gasteiger partial charge on any atom is 0.255 e. The second-order valence-electron chi connectivity index (χ2n) is 10.5. The van der Waals surface area contributed by atoms with Crippen LogP contribution in [-0.4, -0.2) is 75.7 Å². The monoisotopic (exact) mass is 539 g/mol. The number of nitrogens with one attached hydrogen (secondary N) is 2. The number of aliphatic hydroxyl groups excluding tert-OH is 1. The van der Waals surface area contributed by atoms with Gasteiger partial charge in [-0.3, -0.25) is 9.59 Å². The molecule has 3 N–H and O–H groups in total. The van der Waals surface area contributed by atoms with Crippen LogP contribution in [0.3, 0.4) is 0 Å². The number of piperidine rings is 1. The molecule has 1 aromatic carbocycles. The van der Waals surface area contributed by atoms with Crippen LogP contribution in [0.4, 0.5) is 4.39 Å². The molecule has 2 amide bonds. The lowest BCUT2D eigenvalue weighted by molar-refractivity contribution is -0.140. The SMILES string of the molecule is COc1cc(OCC2CC2)c(-c2nc(C)nc3c(C(=O)NC4CCN(C(=O)[C@H](C)O)CC4)c(C)[nH]c23)cc1F. The number of aromatic nitrogens is 3. The second-order valence-corrected chi connectivity index (χ2v) is 10.5. The molecule has 0 bridgehead atoms. The maximum absolute atomic E-state index is 14.9. The molecule has 0 spiro atoms. The van der Waals surface area contributed by atoms with E-state index in [1.807, 2.05) is 0 Å². The highest BCUT2D eigenvalue weighted by molar-refractivity contribution is 6.09. The number of aromatic amines is 1. The predicted octanol–water partition coefficient (Wildman–Crippen LogP) is 3.28. The van der Waals surface area contributed by atoms with Crippen molar-refractivity contribution in [2.75, 3.05) is 26.8 Å². The van der Waals surface area contributed by atoms with Gasteiger partial charge in [0, 0.05) is 36.5 Å². The summed E-state index contributed by atoms with van der Waals surface area (Å²) >= 11 is 0. The predicted molar refractivity (Wildman–Crippen MR) is 142 cm³/mol. The number of H-pyrrole nitrogens is 1. The van der Waals surface area contributed by atoms with Gasteiger partial charge in [0.15, 0.2) is 11.6 Å². The number of aliphatic hydroxyl groups is 1. The summed E-state index contributed by atoms with van der Waals surface area (Å²) in [5.74, 6) is 0.321. The number of benzene rings is 1. The number of halogens is 1. The first kappa shape index (κ1) is 26.9. The van der Waals surface area contributed by atoms with E-state index >= 15 is 0 Å². The third kappa shape index (κ3) is 5.54. The molecule has 2 aliphatic rings. The van der Waals surface area contributed by atoms with Gasteiger partial charge in [-0.05, 0) is 58.4 Å². The number of fused-ring (bicyclic) bond motifs is 1. The Labute approximate surface area is 225 Å². The van der Waals surface area contributed by atoms with Gasteiger partial charge in [0.05, 0.1) is 24.8 Å². The summed E-state index contributed by atoms with van der Waals surface area (Å²) in [5, 5.41) is 12.6. The van der Waals surface area contributed by atoms with E-state index in [4.69, 9.17) is 9.47 Å². The molecule has 10 nitrogen and oxygen atoms in total. The summed E-state index contributed by atoms with van der Waals surface area (Å²) < 4.78 is 26.2. The van der Waals surface area contributed by atoms with Crippen LogP contribution in [0.5, 0.6) is 11.5 Å². The van der Waals surface area contributed by atoms with E-state index in [0.717, 1.165) is 12.8 Å². The highest BCUT2D eigenvalue weighted by Crippen LogP contribution is 2.40. The standard InChI is InChI=1S/C28H34FN5O5/c1-14-23(27(36)33-18-7-9-34(10-8-18)28(37)15(2)35)25-26(30-14)24(31-16(3)32-25)19-11-20(29)22(38-4)12-21(19)39-13-17-5-6-17/h11-12,15,17-18,30,35H,5-10,13H2,1-4H3,(H,33,36)/t15-/m0/s1. The lowest BCUT2D eigenvalue weighted by Crippen LogP contribution is -2.48. The van der Waals surface area contributed by atoms with E-state index in [1.165, 1.54) is 26.2 Å². The number of hydrogen-bond acceptors (Lipinski definition) is 7. The minimum Gasteiger partial charge on any atom is -0.494 e. The smallest absolute Gasteiger partial charge is 0.255 e. The van der Waals surface area contributed by atoms with Gasteiger partial charge in [0.2, 0.25) is 0 Å². The van der Waals surface area contributed by atoms with Crippen molar-refractivity contribution in [3.63, 3.8) is 0 Å². The first-order valence-corrected chi connectivity index (χ1v) is 13.3. The molecule has 2 aromatic heterocycles.